The highest BCUT2D eigenvalue weighted by atomic mass is 35.5. The Morgan fingerprint density at radius 1 is 1.10 bits per heavy atom. The van der Waals surface area contributed by atoms with Crippen LogP contribution in [-0.4, -0.2) is 0 Å². The summed E-state index contributed by atoms with van der Waals surface area (Å²) in [6, 6.07) is 14.7. The van der Waals surface area contributed by atoms with Crippen LogP contribution in [0.4, 0.5) is 0 Å². The lowest BCUT2D eigenvalue weighted by Gasteiger charge is -2.26. The SMILES string of the molecule is CC(C)c1ccc(C2CCc3cc(Cl)ccc3O2)cc1. The number of aryl methyl sites for hydroxylation is 1. The molecule has 0 aliphatic carbocycles. The smallest absolute Gasteiger partial charge is 0.124 e. The minimum absolute atomic E-state index is 0.157. The second-order valence-electron chi connectivity index (χ2n) is 5.72. The van der Waals surface area contributed by atoms with Crippen LogP contribution in [0.1, 0.15) is 49.0 Å². The van der Waals surface area contributed by atoms with Crippen LogP contribution < -0.4 is 4.74 Å². The fraction of sp³-hybridized carbons (Fsp3) is 0.333. The van der Waals surface area contributed by atoms with Gasteiger partial charge in [0.15, 0.2) is 0 Å². The third-order valence-electron chi connectivity index (χ3n) is 3.94. The third-order valence-corrected chi connectivity index (χ3v) is 4.18. The van der Waals surface area contributed by atoms with E-state index in [0.29, 0.717) is 5.92 Å². The van der Waals surface area contributed by atoms with Crippen molar-refractivity contribution in [1.29, 1.82) is 0 Å². The lowest BCUT2D eigenvalue weighted by atomic mass is 9.95. The molecule has 1 nitrogen and oxygen atoms in total. The Morgan fingerprint density at radius 3 is 2.55 bits per heavy atom. The van der Waals surface area contributed by atoms with Crippen LogP contribution in [0.5, 0.6) is 5.75 Å². The van der Waals surface area contributed by atoms with Gasteiger partial charge in [0.2, 0.25) is 0 Å². The highest BCUT2D eigenvalue weighted by Gasteiger charge is 2.21. The molecule has 0 bridgehead atoms. The highest BCUT2D eigenvalue weighted by molar-refractivity contribution is 6.30. The zero-order valence-electron chi connectivity index (χ0n) is 11.9. The van der Waals surface area contributed by atoms with Gasteiger partial charge in [0.1, 0.15) is 11.9 Å². The molecule has 3 rings (SSSR count). The molecule has 2 aromatic carbocycles. The Morgan fingerprint density at radius 2 is 1.85 bits per heavy atom. The maximum Gasteiger partial charge on any atom is 0.124 e. The first-order chi connectivity index (χ1) is 9.63. The van der Waals surface area contributed by atoms with E-state index in [1.54, 1.807) is 0 Å². The molecule has 20 heavy (non-hydrogen) atoms. The minimum Gasteiger partial charge on any atom is -0.485 e. The number of ether oxygens (including phenoxy) is 1. The third kappa shape index (κ3) is 2.69. The van der Waals surface area contributed by atoms with E-state index in [-0.39, 0.29) is 6.10 Å². The van der Waals surface area contributed by atoms with Crippen LogP contribution in [0.25, 0.3) is 0 Å². The maximum absolute atomic E-state index is 6.11. The molecule has 104 valence electrons. The topological polar surface area (TPSA) is 9.23 Å². The first-order valence-electron chi connectivity index (χ1n) is 7.18. The van der Waals surface area contributed by atoms with Gasteiger partial charge in [-0.15, -0.1) is 0 Å². The standard InChI is InChI=1S/C18H19ClO/c1-12(2)13-3-5-14(6-4-13)17-9-7-15-11-16(19)8-10-18(15)20-17/h3-6,8,10-12,17H,7,9H2,1-2H3. The van der Waals surface area contributed by atoms with Gasteiger partial charge in [-0.2, -0.15) is 0 Å². The fourth-order valence-corrected chi connectivity index (χ4v) is 2.88. The van der Waals surface area contributed by atoms with E-state index in [9.17, 15) is 0 Å². The van der Waals surface area contributed by atoms with Gasteiger partial charge in [0.05, 0.1) is 0 Å². The number of hydrogen-bond acceptors (Lipinski definition) is 1. The number of benzene rings is 2. The summed E-state index contributed by atoms with van der Waals surface area (Å²) in [5, 5.41) is 0.784. The van der Waals surface area contributed by atoms with Crippen LogP contribution in [0.2, 0.25) is 5.02 Å². The summed E-state index contributed by atoms with van der Waals surface area (Å²) in [6.45, 7) is 4.43. The summed E-state index contributed by atoms with van der Waals surface area (Å²) >= 11 is 6.02. The molecule has 2 heteroatoms. The molecule has 0 aromatic heterocycles. The Labute approximate surface area is 125 Å². The normalized spacial score (nSPS) is 17.7. The molecule has 0 spiro atoms. The number of fused-ring (bicyclic) bond motifs is 1. The quantitative estimate of drug-likeness (QED) is 0.705. The fourth-order valence-electron chi connectivity index (χ4n) is 2.69. The summed E-state index contributed by atoms with van der Waals surface area (Å²) in [7, 11) is 0. The molecule has 1 aliphatic heterocycles. The molecule has 0 radical (unpaired) electrons. The molecule has 0 saturated heterocycles. The first kappa shape index (κ1) is 13.5. The first-order valence-corrected chi connectivity index (χ1v) is 7.56. The summed E-state index contributed by atoms with van der Waals surface area (Å²) in [5.41, 5.74) is 3.85. The molecule has 0 fully saturated rings. The zero-order chi connectivity index (χ0) is 14.1. The second-order valence-corrected chi connectivity index (χ2v) is 6.16. The van der Waals surface area contributed by atoms with Gasteiger partial charge in [-0.3, -0.25) is 0 Å². The average molecular weight is 287 g/mol. The Bertz CT molecular complexity index is 601. The van der Waals surface area contributed by atoms with Crippen molar-refractivity contribution in [3.63, 3.8) is 0 Å². The summed E-state index contributed by atoms with van der Waals surface area (Å²) in [6.07, 6.45) is 2.19. The highest BCUT2D eigenvalue weighted by Crippen LogP contribution is 2.36. The van der Waals surface area contributed by atoms with Gasteiger partial charge in [0, 0.05) is 5.02 Å². The molecular weight excluding hydrogens is 268 g/mol. The van der Waals surface area contributed by atoms with Gasteiger partial charge in [0.25, 0.3) is 0 Å². The van der Waals surface area contributed by atoms with Crippen LogP contribution in [0.15, 0.2) is 42.5 Å². The van der Waals surface area contributed by atoms with E-state index < -0.39 is 0 Å². The maximum atomic E-state index is 6.11. The molecule has 0 saturated carbocycles. The van der Waals surface area contributed by atoms with Gasteiger partial charge in [-0.05, 0) is 53.6 Å². The molecule has 1 heterocycles. The molecule has 2 aromatic rings. The number of rotatable bonds is 2. The van der Waals surface area contributed by atoms with Crippen molar-refractivity contribution in [1.82, 2.24) is 0 Å². The van der Waals surface area contributed by atoms with Crippen molar-refractivity contribution in [3.8, 4) is 5.75 Å². The van der Waals surface area contributed by atoms with Crippen LogP contribution >= 0.6 is 11.6 Å². The van der Waals surface area contributed by atoms with Crippen molar-refractivity contribution in [2.24, 2.45) is 0 Å². The van der Waals surface area contributed by atoms with Gasteiger partial charge < -0.3 is 4.74 Å². The molecule has 1 aliphatic rings. The van der Waals surface area contributed by atoms with E-state index in [0.717, 1.165) is 23.6 Å². The summed E-state index contributed by atoms with van der Waals surface area (Å²) in [4.78, 5) is 0. The van der Waals surface area contributed by atoms with Gasteiger partial charge in [-0.25, -0.2) is 0 Å². The lowest BCUT2D eigenvalue weighted by molar-refractivity contribution is 0.176. The van der Waals surface area contributed by atoms with E-state index in [1.807, 2.05) is 18.2 Å². The molecular formula is C18H19ClO. The largest absolute Gasteiger partial charge is 0.485 e. The predicted octanol–water partition coefficient (Wildman–Crippen LogP) is 5.53. The van der Waals surface area contributed by atoms with Crippen molar-refractivity contribution < 1.29 is 4.74 Å². The number of hydrogen-bond donors (Lipinski definition) is 0. The Balaban J connectivity index is 1.81. The van der Waals surface area contributed by atoms with Crippen molar-refractivity contribution in [2.75, 3.05) is 0 Å². The lowest BCUT2D eigenvalue weighted by Crippen LogP contribution is -2.15. The monoisotopic (exact) mass is 286 g/mol. The van der Waals surface area contributed by atoms with E-state index in [4.69, 9.17) is 16.3 Å². The Hall–Kier alpha value is -1.47. The average Bonchev–Trinajstić information content (AvgIpc) is 2.47. The summed E-state index contributed by atoms with van der Waals surface area (Å²) in [5.74, 6) is 1.54. The molecule has 1 unspecified atom stereocenters. The molecule has 1 atom stereocenters. The van der Waals surface area contributed by atoms with E-state index in [2.05, 4.69) is 38.1 Å². The van der Waals surface area contributed by atoms with E-state index >= 15 is 0 Å². The van der Waals surface area contributed by atoms with Crippen molar-refractivity contribution in [3.05, 3.63) is 64.2 Å². The van der Waals surface area contributed by atoms with Gasteiger partial charge >= 0.3 is 0 Å². The van der Waals surface area contributed by atoms with Crippen LogP contribution in [0, 0.1) is 0 Å². The molecule has 0 amide bonds. The Kier molecular flexibility index (Phi) is 3.71. The van der Waals surface area contributed by atoms with Crippen molar-refractivity contribution >= 4 is 11.6 Å². The van der Waals surface area contributed by atoms with Crippen LogP contribution in [0.3, 0.4) is 0 Å². The zero-order valence-corrected chi connectivity index (χ0v) is 12.7. The number of halogens is 1. The van der Waals surface area contributed by atoms with E-state index in [1.165, 1.54) is 16.7 Å². The predicted molar refractivity (Wildman–Crippen MR) is 83.7 cm³/mol. The van der Waals surface area contributed by atoms with Crippen LogP contribution in [-0.2, 0) is 6.42 Å². The summed E-state index contributed by atoms with van der Waals surface area (Å²) < 4.78 is 6.11. The van der Waals surface area contributed by atoms with Gasteiger partial charge in [-0.1, -0.05) is 49.7 Å². The molecule has 0 N–H and O–H groups in total. The second kappa shape index (κ2) is 5.49. The minimum atomic E-state index is 0.157. The van der Waals surface area contributed by atoms with Crippen molar-refractivity contribution in [2.45, 2.75) is 38.7 Å².